The molecule has 0 radical (unpaired) electrons. The van der Waals surface area contributed by atoms with Crippen LogP contribution in [0.1, 0.15) is 0 Å². The van der Waals surface area contributed by atoms with Gasteiger partial charge in [-0.1, -0.05) is 24.3 Å². The minimum absolute atomic E-state index is 0.0962. The van der Waals surface area contributed by atoms with Gasteiger partial charge in [-0.25, -0.2) is 9.59 Å². The normalized spacial score (nSPS) is 24.7. The third-order valence-corrected chi connectivity index (χ3v) is 6.54. The number of carbonyl (C=O) groups excluding carboxylic acids is 2. The molecule has 0 aromatic carbocycles. The van der Waals surface area contributed by atoms with Crippen molar-refractivity contribution in [3.63, 3.8) is 0 Å². The van der Waals surface area contributed by atoms with Crippen molar-refractivity contribution in [3.8, 4) is 0 Å². The first-order valence-electron chi connectivity index (χ1n) is 12.5. The summed E-state index contributed by atoms with van der Waals surface area (Å²) in [6.07, 6.45) is 12.5. The summed E-state index contributed by atoms with van der Waals surface area (Å²) in [4.78, 5) is 23.5. The maximum atomic E-state index is 11.7. The second-order valence-corrected chi connectivity index (χ2v) is 8.98. The van der Waals surface area contributed by atoms with E-state index in [2.05, 4.69) is 0 Å². The van der Waals surface area contributed by atoms with Gasteiger partial charge in [-0.15, -0.1) is 0 Å². The first kappa shape index (κ1) is 24.3. The lowest BCUT2D eigenvalue weighted by molar-refractivity contribution is -0.144. The van der Waals surface area contributed by atoms with Crippen LogP contribution in [-0.2, 0) is 38.0 Å². The van der Waals surface area contributed by atoms with Gasteiger partial charge in [-0.2, -0.15) is 0 Å². The predicted octanol–water partition coefficient (Wildman–Crippen LogP) is -0.361. The van der Waals surface area contributed by atoms with Crippen LogP contribution in [0.2, 0.25) is 0 Å². The molecule has 2 aromatic rings. The average molecular weight is 523 g/mol. The lowest BCUT2D eigenvalue weighted by Gasteiger charge is -2.28. The van der Waals surface area contributed by atoms with Gasteiger partial charge in [0.05, 0.1) is 39.0 Å². The van der Waals surface area contributed by atoms with Crippen LogP contribution < -0.4 is 21.3 Å². The molecule has 10 nitrogen and oxygen atoms in total. The minimum Gasteiger partial charge on any atom is -0.488 e. The average Bonchev–Trinajstić information content (AvgIpc) is 3.58. The van der Waals surface area contributed by atoms with E-state index in [1.54, 1.807) is 12.5 Å². The Hall–Kier alpha value is -4.02. The van der Waals surface area contributed by atoms with Crippen LogP contribution in [-0.4, -0.2) is 63.8 Å². The zero-order valence-electron chi connectivity index (χ0n) is 20.4. The standard InChI is InChI=1S/C28H26O10/c29-21-3-1-17-15-19-5-7-33-23(19)27(25(17)37-21)35-13-11-31-9-10-32-12-14-36-28-24-20(6-8-34-24)16-18-2-4-22(30)38-26(18)28/h1-8,15-18,25-26H,9-14H2. The van der Waals surface area contributed by atoms with Gasteiger partial charge in [0, 0.05) is 34.4 Å². The number of hydrogen-bond acceptors (Lipinski definition) is 10. The summed E-state index contributed by atoms with van der Waals surface area (Å²) in [5, 5.41) is 1.81. The Morgan fingerprint density at radius 1 is 0.632 bits per heavy atom. The van der Waals surface area contributed by atoms with E-state index in [0.29, 0.717) is 48.8 Å². The summed E-state index contributed by atoms with van der Waals surface area (Å²) in [6.45, 7) is 1.90. The molecule has 4 unspecified atom stereocenters. The van der Waals surface area contributed by atoms with Gasteiger partial charge in [-0.3, -0.25) is 0 Å². The van der Waals surface area contributed by atoms with Crippen LogP contribution in [0.4, 0.5) is 0 Å². The highest BCUT2D eigenvalue weighted by Crippen LogP contribution is 2.27. The van der Waals surface area contributed by atoms with Crippen molar-refractivity contribution in [1.29, 1.82) is 0 Å². The fourth-order valence-corrected chi connectivity index (χ4v) is 4.82. The molecule has 0 N–H and O–H groups in total. The van der Waals surface area contributed by atoms with Crippen molar-refractivity contribution in [2.45, 2.75) is 12.2 Å². The summed E-state index contributed by atoms with van der Waals surface area (Å²) in [5.41, 5.74) is 1.14. The Balaban J connectivity index is 0.924. The highest BCUT2D eigenvalue weighted by Gasteiger charge is 2.35. The maximum absolute atomic E-state index is 11.7. The Kier molecular flexibility index (Phi) is 6.89. The number of furan rings is 2. The monoisotopic (exact) mass is 522 g/mol. The van der Waals surface area contributed by atoms with E-state index < -0.39 is 24.1 Å². The molecular formula is C28H26O10. The molecule has 0 bridgehead atoms. The molecule has 4 atom stereocenters. The second-order valence-electron chi connectivity index (χ2n) is 8.98. The van der Waals surface area contributed by atoms with Gasteiger partial charge in [0.15, 0.2) is 34.6 Å². The quantitative estimate of drug-likeness (QED) is 0.286. The third-order valence-electron chi connectivity index (χ3n) is 6.54. The molecule has 2 aliphatic heterocycles. The van der Waals surface area contributed by atoms with Crippen molar-refractivity contribution in [2.24, 2.45) is 11.8 Å². The molecule has 4 aliphatic rings. The summed E-state index contributed by atoms with van der Waals surface area (Å²) in [7, 11) is 0. The van der Waals surface area contributed by atoms with E-state index in [9.17, 15) is 9.59 Å². The highest BCUT2D eigenvalue weighted by atomic mass is 16.6. The molecule has 0 saturated carbocycles. The van der Waals surface area contributed by atoms with Crippen LogP contribution in [0.25, 0.3) is 23.7 Å². The number of esters is 2. The van der Waals surface area contributed by atoms with E-state index in [1.807, 2.05) is 36.4 Å². The molecule has 0 spiro atoms. The molecule has 6 rings (SSSR count). The zero-order valence-corrected chi connectivity index (χ0v) is 20.4. The van der Waals surface area contributed by atoms with Crippen LogP contribution in [0.5, 0.6) is 0 Å². The van der Waals surface area contributed by atoms with Crippen molar-refractivity contribution in [3.05, 3.63) is 70.2 Å². The Morgan fingerprint density at radius 2 is 1.08 bits per heavy atom. The lowest BCUT2D eigenvalue weighted by Crippen LogP contribution is -2.41. The second kappa shape index (κ2) is 10.8. The first-order valence-corrected chi connectivity index (χ1v) is 12.5. The van der Waals surface area contributed by atoms with E-state index >= 15 is 0 Å². The molecule has 38 heavy (non-hydrogen) atoms. The maximum Gasteiger partial charge on any atom is 0.331 e. The Bertz CT molecular complexity index is 1390. The van der Waals surface area contributed by atoms with E-state index in [1.165, 1.54) is 12.2 Å². The molecule has 198 valence electrons. The molecule has 0 amide bonds. The Labute approximate surface area is 216 Å². The van der Waals surface area contributed by atoms with Crippen molar-refractivity contribution < 1.29 is 46.8 Å². The predicted molar refractivity (Wildman–Crippen MR) is 130 cm³/mol. The highest BCUT2D eigenvalue weighted by molar-refractivity contribution is 5.85. The van der Waals surface area contributed by atoms with Gasteiger partial charge >= 0.3 is 11.9 Å². The molecule has 0 fully saturated rings. The molecule has 2 aromatic heterocycles. The SMILES string of the molecule is O=C1C=CC2C=c3ccoc3=C(OCCOCCOCCOC3=c4occc4=CC4C=CC(=O)OC34)C2O1. The molecular weight excluding hydrogens is 496 g/mol. The number of hydrogen-bond donors (Lipinski definition) is 0. The van der Waals surface area contributed by atoms with Crippen molar-refractivity contribution in [1.82, 2.24) is 0 Å². The lowest BCUT2D eigenvalue weighted by atomic mass is 9.93. The summed E-state index contributed by atoms with van der Waals surface area (Å²) in [6, 6.07) is 3.71. The fourth-order valence-electron chi connectivity index (χ4n) is 4.82. The Morgan fingerprint density at radius 3 is 1.55 bits per heavy atom. The molecule has 10 heteroatoms. The van der Waals surface area contributed by atoms with Gasteiger partial charge in [0.25, 0.3) is 0 Å². The van der Waals surface area contributed by atoms with E-state index in [0.717, 1.165) is 10.4 Å². The third kappa shape index (κ3) is 4.92. The molecule has 4 heterocycles. The molecule has 0 saturated heterocycles. The summed E-state index contributed by atoms with van der Waals surface area (Å²) < 4.78 is 45.1. The molecule has 2 aliphatic carbocycles. The summed E-state index contributed by atoms with van der Waals surface area (Å²) >= 11 is 0. The van der Waals surface area contributed by atoms with Crippen LogP contribution in [0, 0.1) is 11.8 Å². The number of rotatable bonds is 11. The van der Waals surface area contributed by atoms with Crippen molar-refractivity contribution in [2.75, 3.05) is 39.6 Å². The van der Waals surface area contributed by atoms with Gasteiger partial charge in [0.1, 0.15) is 13.2 Å². The van der Waals surface area contributed by atoms with E-state index in [-0.39, 0.29) is 25.0 Å². The number of carbonyl (C=O) groups is 2. The number of fused-ring (bicyclic) bond motifs is 4. The largest absolute Gasteiger partial charge is 0.488 e. The summed E-state index contributed by atoms with van der Waals surface area (Å²) in [5.74, 6) is -0.0248. The van der Waals surface area contributed by atoms with E-state index in [4.69, 9.17) is 37.3 Å². The van der Waals surface area contributed by atoms with Crippen LogP contribution in [0.15, 0.2) is 57.8 Å². The topological polar surface area (TPSA) is 116 Å². The fraction of sp³-hybridized carbons (Fsp3) is 0.357. The minimum atomic E-state index is -0.546. The van der Waals surface area contributed by atoms with Gasteiger partial charge in [-0.05, 0) is 12.1 Å². The zero-order chi connectivity index (χ0) is 25.9. The first-order chi connectivity index (χ1) is 18.7. The smallest absolute Gasteiger partial charge is 0.331 e. The number of ether oxygens (including phenoxy) is 6. The van der Waals surface area contributed by atoms with Crippen LogP contribution >= 0.6 is 0 Å². The van der Waals surface area contributed by atoms with Gasteiger partial charge in [0.2, 0.25) is 0 Å². The van der Waals surface area contributed by atoms with Crippen molar-refractivity contribution >= 4 is 35.6 Å². The van der Waals surface area contributed by atoms with Gasteiger partial charge < -0.3 is 37.3 Å². The van der Waals surface area contributed by atoms with Crippen LogP contribution in [0.3, 0.4) is 0 Å².